The van der Waals surface area contributed by atoms with Crippen molar-refractivity contribution < 1.29 is 24.3 Å². The minimum absolute atomic E-state index is 0.0602. The van der Waals surface area contributed by atoms with Gasteiger partial charge in [-0.2, -0.15) is 0 Å². The second-order valence-corrected chi connectivity index (χ2v) is 5.33. The van der Waals surface area contributed by atoms with Crippen LogP contribution in [0.5, 0.6) is 0 Å². The van der Waals surface area contributed by atoms with E-state index in [1.54, 1.807) is 0 Å². The van der Waals surface area contributed by atoms with Crippen molar-refractivity contribution in [2.24, 2.45) is 0 Å². The highest BCUT2D eigenvalue weighted by Crippen LogP contribution is 2.23. The first kappa shape index (κ1) is 20.2. The molecule has 0 aliphatic heterocycles. The van der Waals surface area contributed by atoms with Gasteiger partial charge in [0.05, 0.1) is 33.0 Å². The Hall–Kier alpha value is -4.16. The van der Waals surface area contributed by atoms with Crippen LogP contribution in [0.1, 0.15) is 16.8 Å². The van der Waals surface area contributed by atoms with Gasteiger partial charge in [0.1, 0.15) is 12.0 Å². The van der Waals surface area contributed by atoms with Crippen LogP contribution < -0.4 is 5.32 Å². The van der Waals surface area contributed by atoms with E-state index in [1.165, 1.54) is 12.1 Å². The maximum atomic E-state index is 12.0. The summed E-state index contributed by atoms with van der Waals surface area (Å²) >= 11 is 0. The summed E-state index contributed by atoms with van der Waals surface area (Å²) in [6.45, 7) is 0.266. The molecule has 0 spiro atoms. The molecular weight excluding hydrogens is 378 g/mol. The Kier molecular flexibility index (Phi) is 6.46. The molecule has 0 atom stereocenters. The van der Waals surface area contributed by atoms with Crippen molar-refractivity contribution in [3.05, 3.63) is 72.4 Å². The number of anilines is 1. The van der Waals surface area contributed by atoms with Crippen molar-refractivity contribution >= 4 is 28.8 Å². The van der Waals surface area contributed by atoms with Gasteiger partial charge >= 0.3 is 5.97 Å². The van der Waals surface area contributed by atoms with Crippen molar-refractivity contribution in [1.82, 2.24) is 4.98 Å². The number of non-ortho nitro benzene ring substituents is 2. The molecule has 0 unspecified atom stereocenters. The van der Waals surface area contributed by atoms with E-state index in [0.717, 1.165) is 24.4 Å². The molecule has 1 heterocycles. The molecule has 1 N–H and O–H groups in total. The normalized spacial score (nSPS) is 10.1. The molecule has 1 aromatic heterocycles. The summed E-state index contributed by atoms with van der Waals surface area (Å²) in [5, 5.41) is 35.0. The Labute approximate surface area is 156 Å². The number of carbonyl (C=O) groups excluding carboxylic acids is 1. The van der Waals surface area contributed by atoms with Gasteiger partial charge in [-0.1, -0.05) is 0 Å². The number of nitro groups is 3. The molecule has 13 heteroatoms. The smallest absolute Gasteiger partial charge is 0.338 e. The SMILES string of the molecule is O=C(OCCCNc1ccc([N+](=O)[O-])cn1)c1cc([N+](=O)[O-])cc([N+](=O)[O-])c1. The van der Waals surface area contributed by atoms with E-state index in [0.29, 0.717) is 18.8 Å². The number of hydrogen-bond donors (Lipinski definition) is 1. The molecular formula is C15H13N5O8. The second-order valence-electron chi connectivity index (χ2n) is 5.33. The predicted molar refractivity (Wildman–Crippen MR) is 94.0 cm³/mol. The van der Waals surface area contributed by atoms with Crippen LogP contribution in [0.15, 0.2) is 36.5 Å². The molecule has 0 saturated heterocycles. The molecule has 13 nitrogen and oxygen atoms in total. The minimum Gasteiger partial charge on any atom is -0.462 e. The van der Waals surface area contributed by atoms with Crippen LogP contribution in [-0.2, 0) is 4.74 Å². The fraction of sp³-hybridized carbons (Fsp3) is 0.200. The zero-order chi connectivity index (χ0) is 20.7. The Morgan fingerprint density at radius 2 is 1.57 bits per heavy atom. The topological polar surface area (TPSA) is 181 Å². The lowest BCUT2D eigenvalue weighted by atomic mass is 10.2. The molecule has 0 bridgehead atoms. The van der Waals surface area contributed by atoms with Gasteiger partial charge in [0, 0.05) is 24.7 Å². The van der Waals surface area contributed by atoms with Crippen molar-refractivity contribution in [3.63, 3.8) is 0 Å². The Bertz CT molecular complexity index is 883. The van der Waals surface area contributed by atoms with Gasteiger partial charge in [-0.3, -0.25) is 30.3 Å². The Morgan fingerprint density at radius 3 is 2.07 bits per heavy atom. The van der Waals surface area contributed by atoms with Gasteiger partial charge in [-0.05, 0) is 12.5 Å². The first-order chi connectivity index (χ1) is 13.3. The van der Waals surface area contributed by atoms with Gasteiger partial charge in [-0.15, -0.1) is 0 Å². The summed E-state index contributed by atoms with van der Waals surface area (Å²) < 4.78 is 4.95. The number of pyridine rings is 1. The highest BCUT2D eigenvalue weighted by Gasteiger charge is 2.20. The molecule has 2 aromatic rings. The van der Waals surface area contributed by atoms with E-state index < -0.39 is 32.1 Å². The number of rotatable bonds is 9. The van der Waals surface area contributed by atoms with Crippen LogP contribution in [0, 0.1) is 30.3 Å². The number of nitrogens with zero attached hydrogens (tertiary/aromatic N) is 4. The van der Waals surface area contributed by atoms with Crippen molar-refractivity contribution in [2.45, 2.75) is 6.42 Å². The molecule has 0 aliphatic carbocycles. The first-order valence-corrected chi connectivity index (χ1v) is 7.73. The van der Waals surface area contributed by atoms with Crippen LogP contribution >= 0.6 is 0 Å². The fourth-order valence-corrected chi connectivity index (χ4v) is 2.06. The molecule has 0 saturated carbocycles. The minimum atomic E-state index is -0.930. The van der Waals surface area contributed by atoms with Crippen LogP contribution in [0.25, 0.3) is 0 Å². The zero-order valence-electron chi connectivity index (χ0n) is 14.1. The standard InChI is InChI=1S/C15H13N5O8/c21-15(10-6-12(19(24)25)8-13(7-10)20(26)27)28-5-1-4-16-14-3-2-11(9-17-14)18(22)23/h2-3,6-9H,1,4-5H2,(H,16,17). The summed E-state index contributed by atoms with van der Waals surface area (Å²) in [7, 11) is 0. The quantitative estimate of drug-likeness (QED) is 0.288. The summed E-state index contributed by atoms with van der Waals surface area (Å²) in [5.41, 5.74) is -1.63. The van der Waals surface area contributed by atoms with Crippen LogP contribution in [0.4, 0.5) is 22.9 Å². The number of nitrogens with one attached hydrogen (secondary N) is 1. The van der Waals surface area contributed by atoms with Gasteiger partial charge < -0.3 is 10.1 Å². The van der Waals surface area contributed by atoms with E-state index in [-0.39, 0.29) is 17.9 Å². The zero-order valence-corrected chi connectivity index (χ0v) is 14.1. The van der Waals surface area contributed by atoms with E-state index in [1.807, 2.05) is 0 Å². The maximum Gasteiger partial charge on any atom is 0.338 e. The third kappa shape index (κ3) is 5.42. The van der Waals surface area contributed by atoms with Gasteiger partial charge in [0.15, 0.2) is 0 Å². The van der Waals surface area contributed by atoms with Gasteiger partial charge in [0.25, 0.3) is 17.1 Å². The van der Waals surface area contributed by atoms with Crippen molar-refractivity contribution in [3.8, 4) is 0 Å². The van der Waals surface area contributed by atoms with Crippen LogP contribution in [0.3, 0.4) is 0 Å². The highest BCUT2D eigenvalue weighted by atomic mass is 16.6. The number of nitro benzene ring substituents is 2. The molecule has 28 heavy (non-hydrogen) atoms. The maximum absolute atomic E-state index is 12.0. The fourth-order valence-electron chi connectivity index (χ4n) is 2.06. The molecule has 146 valence electrons. The Morgan fingerprint density at radius 1 is 0.964 bits per heavy atom. The van der Waals surface area contributed by atoms with E-state index in [4.69, 9.17) is 4.74 Å². The monoisotopic (exact) mass is 391 g/mol. The summed E-state index contributed by atoms with van der Waals surface area (Å²) in [6, 6.07) is 5.25. The van der Waals surface area contributed by atoms with Crippen molar-refractivity contribution in [2.75, 3.05) is 18.5 Å². The van der Waals surface area contributed by atoms with Crippen LogP contribution in [0.2, 0.25) is 0 Å². The lowest BCUT2D eigenvalue weighted by Gasteiger charge is -2.07. The van der Waals surface area contributed by atoms with Gasteiger partial charge in [0.2, 0.25) is 0 Å². The number of benzene rings is 1. The van der Waals surface area contributed by atoms with E-state index in [9.17, 15) is 35.1 Å². The third-order valence-corrected chi connectivity index (χ3v) is 3.38. The van der Waals surface area contributed by atoms with Crippen LogP contribution in [-0.4, -0.2) is 38.9 Å². The molecule has 0 fully saturated rings. The number of hydrogen-bond acceptors (Lipinski definition) is 10. The summed E-state index contributed by atoms with van der Waals surface area (Å²) in [6.07, 6.45) is 1.43. The van der Waals surface area contributed by atoms with Gasteiger partial charge in [-0.25, -0.2) is 9.78 Å². The highest BCUT2D eigenvalue weighted by molar-refractivity contribution is 5.91. The molecule has 1 aromatic carbocycles. The Balaban J connectivity index is 1.86. The second kappa shape index (κ2) is 8.98. The average Bonchev–Trinajstić information content (AvgIpc) is 2.67. The molecule has 2 rings (SSSR count). The molecule has 0 amide bonds. The van der Waals surface area contributed by atoms with E-state index >= 15 is 0 Å². The van der Waals surface area contributed by atoms with E-state index in [2.05, 4.69) is 10.3 Å². The lowest BCUT2D eigenvalue weighted by molar-refractivity contribution is -0.394. The predicted octanol–water partition coefficient (Wildman–Crippen LogP) is 2.47. The number of ether oxygens (including phenoxy) is 1. The largest absolute Gasteiger partial charge is 0.462 e. The molecule has 0 radical (unpaired) electrons. The average molecular weight is 391 g/mol. The number of carbonyl (C=O) groups is 1. The third-order valence-electron chi connectivity index (χ3n) is 3.38. The first-order valence-electron chi connectivity index (χ1n) is 7.73. The number of esters is 1. The summed E-state index contributed by atoms with van der Waals surface area (Å²) in [5.74, 6) is -0.536. The lowest BCUT2D eigenvalue weighted by Crippen LogP contribution is -2.11. The molecule has 0 aliphatic rings. The number of aromatic nitrogens is 1. The summed E-state index contributed by atoms with van der Waals surface area (Å²) in [4.78, 5) is 45.7. The van der Waals surface area contributed by atoms with Crippen molar-refractivity contribution in [1.29, 1.82) is 0 Å².